The SMILES string of the molecule is COCCNC(=O)C(C)N1C(=O)COc2ccc(C(=O)COc3ccccc3)cc21. The van der Waals surface area contributed by atoms with Crippen molar-refractivity contribution in [1.82, 2.24) is 5.32 Å². The third kappa shape index (κ3) is 4.96. The van der Waals surface area contributed by atoms with Crippen molar-refractivity contribution < 1.29 is 28.6 Å². The first-order valence-electron chi connectivity index (χ1n) is 9.58. The number of carbonyl (C=O) groups excluding carboxylic acids is 3. The fourth-order valence-electron chi connectivity index (χ4n) is 3.06. The maximum Gasteiger partial charge on any atom is 0.265 e. The molecule has 0 saturated carbocycles. The maximum atomic E-state index is 12.6. The van der Waals surface area contributed by atoms with Crippen molar-refractivity contribution in [1.29, 1.82) is 0 Å². The lowest BCUT2D eigenvalue weighted by Gasteiger charge is -2.33. The molecule has 0 aliphatic carbocycles. The first-order chi connectivity index (χ1) is 14.5. The van der Waals surface area contributed by atoms with E-state index in [1.807, 2.05) is 18.2 Å². The van der Waals surface area contributed by atoms with E-state index in [9.17, 15) is 14.4 Å². The van der Waals surface area contributed by atoms with Gasteiger partial charge in [-0.05, 0) is 37.3 Å². The molecule has 8 nitrogen and oxygen atoms in total. The Hall–Kier alpha value is -3.39. The van der Waals surface area contributed by atoms with Gasteiger partial charge in [-0.3, -0.25) is 19.3 Å². The van der Waals surface area contributed by atoms with Gasteiger partial charge in [0.1, 0.15) is 17.5 Å². The lowest BCUT2D eigenvalue weighted by atomic mass is 10.1. The number of ketones is 1. The number of methoxy groups -OCH3 is 1. The van der Waals surface area contributed by atoms with Gasteiger partial charge in [0.15, 0.2) is 19.0 Å². The standard InChI is InChI=1S/C22H24N2O6/c1-15(22(27)23-10-11-28-2)24-18-12-16(8-9-20(18)30-14-21(24)26)19(25)13-29-17-6-4-3-5-7-17/h3-9,12,15H,10-11,13-14H2,1-2H3,(H,23,27). The van der Waals surface area contributed by atoms with E-state index in [-0.39, 0.29) is 30.8 Å². The van der Waals surface area contributed by atoms with E-state index >= 15 is 0 Å². The molecule has 30 heavy (non-hydrogen) atoms. The van der Waals surface area contributed by atoms with Gasteiger partial charge in [-0.1, -0.05) is 18.2 Å². The zero-order chi connectivity index (χ0) is 21.5. The van der Waals surface area contributed by atoms with Gasteiger partial charge >= 0.3 is 0 Å². The Bertz CT molecular complexity index is 915. The molecule has 0 fully saturated rings. The van der Waals surface area contributed by atoms with Crippen molar-refractivity contribution in [3.63, 3.8) is 0 Å². The van der Waals surface area contributed by atoms with Gasteiger partial charge in [0.05, 0.1) is 12.3 Å². The molecule has 3 rings (SSSR count). The van der Waals surface area contributed by atoms with Crippen LogP contribution in [0.25, 0.3) is 0 Å². The number of hydrogen-bond donors (Lipinski definition) is 1. The number of nitrogens with zero attached hydrogens (tertiary/aromatic N) is 1. The number of benzene rings is 2. The summed E-state index contributed by atoms with van der Waals surface area (Å²) in [4.78, 5) is 38.9. The van der Waals surface area contributed by atoms with E-state index in [1.165, 1.54) is 12.0 Å². The van der Waals surface area contributed by atoms with Gasteiger partial charge in [-0.25, -0.2) is 0 Å². The number of rotatable bonds is 9. The highest BCUT2D eigenvalue weighted by Crippen LogP contribution is 2.34. The number of Topliss-reactive ketones (excluding diaryl/α,β-unsaturated/α-hetero) is 1. The van der Waals surface area contributed by atoms with Gasteiger partial charge in [-0.15, -0.1) is 0 Å². The molecule has 1 unspecified atom stereocenters. The number of amides is 2. The second-order valence-corrected chi connectivity index (χ2v) is 6.72. The quantitative estimate of drug-likeness (QED) is 0.499. The van der Waals surface area contributed by atoms with Crippen molar-refractivity contribution in [3.05, 3.63) is 54.1 Å². The minimum atomic E-state index is -0.775. The third-order valence-corrected chi connectivity index (χ3v) is 4.65. The Balaban J connectivity index is 1.77. The van der Waals surface area contributed by atoms with Crippen LogP contribution in [0.2, 0.25) is 0 Å². The van der Waals surface area contributed by atoms with Crippen molar-refractivity contribution in [3.8, 4) is 11.5 Å². The van der Waals surface area contributed by atoms with Crippen LogP contribution < -0.4 is 19.7 Å². The smallest absolute Gasteiger partial charge is 0.265 e. The molecule has 1 aliphatic heterocycles. The monoisotopic (exact) mass is 412 g/mol. The van der Waals surface area contributed by atoms with Gasteiger partial charge in [0, 0.05) is 19.2 Å². The first-order valence-corrected chi connectivity index (χ1v) is 9.58. The van der Waals surface area contributed by atoms with Crippen molar-refractivity contribution in [2.24, 2.45) is 0 Å². The predicted molar refractivity (Wildman–Crippen MR) is 110 cm³/mol. The minimum absolute atomic E-state index is 0.148. The predicted octanol–water partition coefficient (Wildman–Crippen LogP) is 1.82. The average Bonchev–Trinajstić information content (AvgIpc) is 2.77. The number of ether oxygens (including phenoxy) is 3. The summed E-state index contributed by atoms with van der Waals surface area (Å²) >= 11 is 0. The summed E-state index contributed by atoms with van der Waals surface area (Å²) in [7, 11) is 1.54. The van der Waals surface area contributed by atoms with E-state index in [0.717, 1.165) is 0 Å². The molecule has 0 saturated heterocycles. The lowest BCUT2D eigenvalue weighted by Crippen LogP contribution is -2.51. The highest BCUT2D eigenvalue weighted by Gasteiger charge is 2.33. The Morgan fingerprint density at radius 1 is 1.20 bits per heavy atom. The van der Waals surface area contributed by atoms with Crippen LogP contribution in [0.15, 0.2) is 48.5 Å². The van der Waals surface area contributed by atoms with Crippen LogP contribution >= 0.6 is 0 Å². The first kappa shape index (κ1) is 21.3. The number of para-hydroxylation sites is 1. The summed E-state index contributed by atoms with van der Waals surface area (Å²) in [6.07, 6.45) is 0. The molecule has 2 aromatic carbocycles. The maximum absolute atomic E-state index is 12.6. The molecule has 8 heteroatoms. The number of anilines is 1. The molecular weight excluding hydrogens is 388 g/mol. The second-order valence-electron chi connectivity index (χ2n) is 6.72. The number of nitrogens with one attached hydrogen (secondary N) is 1. The van der Waals surface area contributed by atoms with E-state index in [1.54, 1.807) is 37.3 Å². The molecule has 158 valence electrons. The lowest BCUT2D eigenvalue weighted by molar-refractivity contribution is -0.127. The van der Waals surface area contributed by atoms with Crippen LogP contribution in [0.1, 0.15) is 17.3 Å². The number of carbonyl (C=O) groups is 3. The van der Waals surface area contributed by atoms with Gasteiger partial charge in [0.2, 0.25) is 5.91 Å². The molecule has 0 aromatic heterocycles. The fraction of sp³-hybridized carbons (Fsp3) is 0.318. The minimum Gasteiger partial charge on any atom is -0.485 e. The molecule has 1 heterocycles. The van der Waals surface area contributed by atoms with Crippen LogP contribution in [0.4, 0.5) is 5.69 Å². The summed E-state index contributed by atoms with van der Waals surface area (Å²) in [6, 6.07) is 13.0. The van der Waals surface area contributed by atoms with Crippen molar-refractivity contribution >= 4 is 23.3 Å². The Labute approximate surface area is 174 Å². The molecule has 2 aromatic rings. The summed E-state index contributed by atoms with van der Waals surface area (Å²) in [5.74, 6) is 0.0909. The second kappa shape index (κ2) is 9.89. The van der Waals surface area contributed by atoms with E-state index in [4.69, 9.17) is 14.2 Å². The zero-order valence-electron chi connectivity index (χ0n) is 16.9. The molecule has 0 spiro atoms. The molecule has 1 atom stereocenters. The highest BCUT2D eigenvalue weighted by atomic mass is 16.5. The van der Waals surface area contributed by atoms with Crippen LogP contribution in [0.5, 0.6) is 11.5 Å². The van der Waals surface area contributed by atoms with Crippen LogP contribution in [0, 0.1) is 0 Å². The van der Waals surface area contributed by atoms with E-state index < -0.39 is 6.04 Å². The normalized spacial score (nSPS) is 13.8. The van der Waals surface area contributed by atoms with Crippen molar-refractivity contribution in [2.45, 2.75) is 13.0 Å². The molecular formula is C22H24N2O6. The number of hydrogen-bond acceptors (Lipinski definition) is 6. The summed E-state index contributed by atoms with van der Waals surface area (Å²) in [5.41, 5.74) is 0.742. The van der Waals surface area contributed by atoms with Crippen LogP contribution in [-0.2, 0) is 14.3 Å². The summed E-state index contributed by atoms with van der Waals surface area (Å²) in [6.45, 7) is 2.01. The Morgan fingerprint density at radius 3 is 2.70 bits per heavy atom. The summed E-state index contributed by atoms with van der Waals surface area (Å²) < 4.78 is 15.9. The van der Waals surface area contributed by atoms with Gasteiger partial charge in [-0.2, -0.15) is 0 Å². The van der Waals surface area contributed by atoms with Crippen molar-refractivity contribution in [2.75, 3.05) is 38.4 Å². The fourth-order valence-corrected chi connectivity index (χ4v) is 3.06. The zero-order valence-corrected chi connectivity index (χ0v) is 16.9. The largest absolute Gasteiger partial charge is 0.485 e. The number of fused-ring (bicyclic) bond motifs is 1. The van der Waals surface area contributed by atoms with E-state index in [0.29, 0.717) is 35.9 Å². The molecule has 2 amide bonds. The Morgan fingerprint density at radius 2 is 1.97 bits per heavy atom. The molecule has 0 radical (unpaired) electrons. The van der Waals surface area contributed by atoms with E-state index in [2.05, 4.69) is 5.32 Å². The topological polar surface area (TPSA) is 94.2 Å². The van der Waals surface area contributed by atoms with Crippen LogP contribution in [-0.4, -0.2) is 57.1 Å². The molecule has 1 N–H and O–H groups in total. The van der Waals surface area contributed by atoms with Gasteiger partial charge in [0.25, 0.3) is 5.91 Å². The average molecular weight is 412 g/mol. The molecule has 1 aliphatic rings. The Kier molecular flexibility index (Phi) is 7.03. The summed E-state index contributed by atoms with van der Waals surface area (Å²) in [5, 5.41) is 2.72. The highest BCUT2D eigenvalue weighted by molar-refractivity contribution is 6.05. The third-order valence-electron chi connectivity index (χ3n) is 4.65. The van der Waals surface area contributed by atoms with Crippen LogP contribution in [0.3, 0.4) is 0 Å². The van der Waals surface area contributed by atoms with Gasteiger partial charge < -0.3 is 19.5 Å². The molecule has 0 bridgehead atoms.